The molecule has 7 aromatic carbocycles. The van der Waals surface area contributed by atoms with Crippen molar-refractivity contribution in [1.29, 1.82) is 0 Å². The smallest absolute Gasteiger partial charge is 0.416 e. The second-order valence-corrected chi connectivity index (χ2v) is 34.2. The van der Waals surface area contributed by atoms with Crippen molar-refractivity contribution in [2.75, 3.05) is 152 Å². The van der Waals surface area contributed by atoms with E-state index < -0.39 is 40.8 Å². The van der Waals surface area contributed by atoms with Gasteiger partial charge in [0.1, 0.15) is 38.8 Å². The summed E-state index contributed by atoms with van der Waals surface area (Å²) in [7, 11) is 0. The molecule has 137 heavy (non-hydrogen) atoms. The van der Waals surface area contributed by atoms with Gasteiger partial charge in [-0.3, -0.25) is 9.78 Å². The Bertz CT molecular complexity index is 6280. The zero-order valence-electron chi connectivity index (χ0n) is 70.6. The Morgan fingerprint density at radius 1 is 0.423 bits per heavy atom. The molecule has 0 unspecified atom stereocenters. The molecule has 4 aliphatic heterocycles. The van der Waals surface area contributed by atoms with Crippen molar-refractivity contribution in [2.24, 2.45) is 20.4 Å². The summed E-state index contributed by atoms with van der Waals surface area (Å²) >= 11 is 46.5. The molecule has 0 aliphatic carbocycles. The molecule has 0 spiro atoms. The first kappa shape index (κ1) is 102. The van der Waals surface area contributed by atoms with Crippen molar-refractivity contribution >= 4 is 206 Å². The molecule has 4 saturated heterocycles. The summed E-state index contributed by atoms with van der Waals surface area (Å²) in [5, 5.41) is 80.8. The lowest BCUT2D eigenvalue weighted by atomic mass is 10.0. The number of morpholine rings is 4. The maximum Gasteiger partial charge on any atom is 0.416 e. The number of ether oxygens (including phenoxy) is 5. The number of nitrogens with one attached hydrogen (secondary N) is 5. The van der Waals surface area contributed by atoms with E-state index in [1.807, 2.05) is 0 Å². The Kier molecular flexibility index (Phi) is 35.9. The highest BCUT2D eigenvalue weighted by atomic mass is 79.9. The molecule has 0 atom stereocenters. The standard InChI is InChI=1S/C23H19BrCl2FN5O4.C22H20F4N6O.C21H18BrCl2FN6O3.C21H17BrCl2FN5O4/c24-14-7-13(20(34)16(25)9-14)8-18(33)15-2-1-12(21(35)19(15)26)10-29-31-23-28-11-17(27)22(30-23)32-3-5-36-6-4-32;23-19-14-28-21(30-20(19)32-6-8-33-9-7-32)31-29-13-18-5-4-16(12-27-18)10-15-2-1-3-17(11-15)22(24,25)26;22-12-7-13(23)19(33)16(8-12)28-15-2-1-11(18(32)17(15)24)9-27-30-21-26-10-14(25)20(29-21)31-3-5-34-6-4-31;22-12-7-13(23)19(32)16(8-12)34-15-2-1-11(18(31)17(15)24)9-27-29-21-26-10-14(25)20(28-21)30-3-5-33-6-4-30/h1-2,7,9-11,34-35H,3-6,8H2,(H,28,30,31);1-5,11-14H,6-10H2,(H,28,30,31);1-2,7-10,28,32-33H,3-6H2,(H,26,29,30);1-2,7-10,31-32H,3-6H2,(H,26,28,29)/b29-10-;29-13-;2*27-9-. The van der Waals surface area contributed by atoms with Crippen LogP contribution < -0.4 is 51.4 Å². The predicted octanol–water partition coefficient (Wildman–Crippen LogP) is 19.0. The van der Waals surface area contributed by atoms with Gasteiger partial charge < -0.3 is 79.2 Å². The van der Waals surface area contributed by atoms with E-state index in [2.05, 4.69) is 140 Å². The van der Waals surface area contributed by atoms with Crippen molar-refractivity contribution in [3.8, 4) is 46.0 Å². The number of anilines is 10. The Hall–Kier alpha value is -12.3. The number of hydrazone groups is 4. The molecule has 5 aromatic heterocycles. The highest BCUT2D eigenvalue weighted by molar-refractivity contribution is 9.11. The first-order valence-electron chi connectivity index (χ1n) is 40.5. The summed E-state index contributed by atoms with van der Waals surface area (Å²) in [6.45, 7) is 8.04. The van der Waals surface area contributed by atoms with Gasteiger partial charge in [-0.15, -0.1) is 0 Å². The number of hydrogen-bond donors (Lipinski definition) is 11. The second kappa shape index (κ2) is 48.1. The number of Topliss-reactive ketones (excluding diaryl/α,β-unsaturated/α-hetero) is 1. The van der Waals surface area contributed by atoms with Gasteiger partial charge in [0.05, 0.1) is 145 Å². The van der Waals surface area contributed by atoms with Crippen LogP contribution in [0.4, 0.5) is 89.2 Å². The van der Waals surface area contributed by atoms with Gasteiger partial charge in [-0.05, 0) is 102 Å². The summed E-state index contributed by atoms with van der Waals surface area (Å²) in [6, 6.07) is 27.0. The van der Waals surface area contributed by atoms with Gasteiger partial charge in [-0.25, -0.2) is 59.2 Å². The van der Waals surface area contributed by atoms with E-state index in [0.29, 0.717) is 159 Å². The van der Waals surface area contributed by atoms with Gasteiger partial charge in [-0.1, -0.05) is 142 Å². The van der Waals surface area contributed by atoms with Crippen LogP contribution in [-0.4, -0.2) is 211 Å². The Balaban J connectivity index is 0.000000154. The molecule has 0 radical (unpaired) electrons. The Morgan fingerprint density at radius 2 is 0.832 bits per heavy atom. The number of aromatic nitrogens is 9. The molecule has 716 valence electrons. The van der Waals surface area contributed by atoms with E-state index in [4.69, 9.17) is 93.3 Å². The number of rotatable bonds is 25. The first-order valence-corrected chi connectivity index (χ1v) is 45.2. The molecular formula is C87H74Br3Cl6F7N22O12. The minimum Gasteiger partial charge on any atom is -0.506 e. The number of carbonyl (C=O) groups is 1. The summed E-state index contributed by atoms with van der Waals surface area (Å²) in [4.78, 5) is 56.3. The minimum absolute atomic E-state index is 0.00656. The van der Waals surface area contributed by atoms with E-state index >= 15 is 0 Å². The maximum absolute atomic E-state index is 14.2. The lowest BCUT2D eigenvalue weighted by Gasteiger charge is -2.27. The Morgan fingerprint density at radius 3 is 1.28 bits per heavy atom. The lowest BCUT2D eigenvalue weighted by Crippen LogP contribution is -2.37. The molecule has 50 heteroatoms. The van der Waals surface area contributed by atoms with E-state index in [1.54, 1.807) is 74.3 Å². The van der Waals surface area contributed by atoms with Crippen molar-refractivity contribution in [1.82, 2.24) is 44.9 Å². The molecular weight excluding hydrogens is 2130 g/mol. The molecule has 12 aromatic rings. The van der Waals surface area contributed by atoms with E-state index in [1.165, 1.54) is 73.4 Å². The van der Waals surface area contributed by atoms with Crippen molar-refractivity contribution in [3.05, 3.63) is 257 Å². The zero-order chi connectivity index (χ0) is 97.6. The number of pyridine rings is 1. The van der Waals surface area contributed by atoms with Crippen LogP contribution in [0, 0.1) is 23.3 Å². The number of benzene rings is 7. The van der Waals surface area contributed by atoms with Crippen LogP contribution in [0.15, 0.2) is 174 Å². The predicted molar refractivity (Wildman–Crippen MR) is 517 cm³/mol. The third-order valence-electron chi connectivity index (χ3n) is 19.8. The Labute approximate surface area is 829 Å². The highest BCUT2D eigenvalue weighted by Gasteiger charge is 2.31. The van der Waals surface area contributed by atoms with Gasteiger partial charge in [-0.2, -0.15) is 53.5 Å². The molecule has 34 nitrogen and oxygen atoms in total. The molecule has 4 fully saturated rings. The normalized spacial score (nSPS) is 14.1. The molecule has 0 amide bonds. The molecule has 0 saturated carbocycles. The maximum atomic E-state index is 14.2. The second-order valence-electron chi connectivity index (χ2n) is 29.1. The number of hydrogen-bond acceptors (Lipinski definition) is 34. The van der Waals surface area contributed by atoms with Crippen LogP contribution in [0.3, 0.4) is 0 Å². The van der Waals surface area contributed by atoms with E-state index in [-0.39, 0.29) is 146 Å². The summed E-state index contributed by atoms with van der Waals surface area (Å²) < 4.78 is 124. The number of alkyl halides is 3. The number of ketones is 1. The van der Waals surface area contributed by atoms with Gasteiger partial charge in [0.25, 0.3) is 0 Å². The molecule has 0 bridgehead atoms. The number of aromatic hydroxyl groups is 6. The molecule has 9 heterocycles. The fourth-order valence-electron chi connectivity index (χ4n) is 13.0. The number of nitrogens with zero attached hydrogens (tertiary/aromatic N) is 17. The third kappa shape index (κ3) is 27.8. The summed E-state index contributed by atoms with van der Waals surface area (Å²) in [5.74, 6) is -3.03. The van der Waals surface area contributed by atoms with Gasteiger partial charge in [0.2, 0.25) is 23.8 Å². The molecule has 11 N–H and O–H groups in total. The van der Waals surface area contributed by atoms with Crippen LogP contribution in [0.2, 0.25) is 30.1 Å². The number of halogens is 16. The monoisotopic (exact) mass is 2200 g/mol. The zero-order valence-corrected chi connectivity index (χ0v) is 79.9. The van der Waals surface area contributed by atoms with Crippen molar-refractivity contribution < 1.29 is 89.9 Å². The van der Waals surface area contributed by atoms with Crippen molar-refractivity contribution in [2.45, 2.75) is 19.0 Å². The van der Waals surface area contributed by atoms with Crippen LogP contribution in [0.1, 0.15) is 55.0 Å². The van der Waals surface area contributed by atoms with Crippen LogP contribution >= 0.6 is 117 Å². The molecule has 16 rings (SSSR count). The largest absolute Gasteiger partial charge is 0.506 e. The SMILES string of the molecule is Fc1cnc(N/N=C\c2ccc(Cc3cccc(C(F)(F)F)c3)cn2)nc1N1CCOCC1.O=C(Cc1cc(Br)cc(Cl)c1O)c1ccc(/C=N\Nc2ncc(F)c(N3CCOCC3)n2)c(O)c1Cl.Oc1c(Cl)cc(Br)cc1Nc1ccc(/C=N\Nc2ncc(F)c(N3CCOCC3)n2)c(O)c1Cl.Oc1c(Cl)cc(Br)cc1Oc1ccc(/C=N\Nc2ncc(F)c(N3CCOCC3)n2)c(O)c1Cl. The van der Waals surface area contributed by atoms with Gasteiger partial charge in [0.15, 0.2) is 69.6 Å². The van der Waals surface area contributed by atoms with Gasteiger partial charge in [0, 0.05) is 106 Å². The van der Waals surface area contributed by atoms with Crippen molar-refractivity contribution in [3.63, 3.8) is 0 Å². The number of phenols is 6. The lowest BCUT2D eigenvalue weighted by molar-refractivity contribution is -0.137. The number of phenolic OH excluding ortho intramolecular Hbond substituents is 6. The van der Waals surface area contributed by atoms with Crippen LogP contribution in [0.25, 0.3) is 0 Å². The average molecular weight is 2210 g/mol. The van der Waals surface area contributed by atoms with E-state index in [9.17, 15) is 66.2 Å². The fourth-order valence-corrected chi connectivity index (χ4v) is 16.1. The number of carbonyl (C=O) groups excluding carboxylic acids is 1. The summed E-state index contributed by atoms with van der Waals surface area (Å²) in [6.07, 6.45) is 6.88. The summed E-state index contributed by atoms with van der Waals surface area (Å²) in [5.41, 5.74) is 13.4. The quantitative estimate of drug-likeness (QED) is 0.00832. The molecule has 4 aliphatic rings. The third-order valence-corrected chi connectivity index (χ3v) is 23.2. The highest BCUT2D eigenvalue weighted by Crippen LogP contribution is 2.46. The average Bonchev–Trinajstić information content (AvgIpc) is 0.833. The minimum atomic E-state index is -4.38. The van der Waals surface area contributed by atoms with Crippen LogP contribution in [-0.2, 0) is 38.0 Å². The van der Waals surface area contributed by atoms with Gasteiger partial charge >= 0.3 is 6.18 Å². The topological polar surface area (TPSA) is 423 Å². The van der Waals surface area contributed by atoms with Crippen LogP contribution in [0.5, 0.6) is 46.0 Å². The van der Waals surface area contributed by atoms with E-state index in [0.717, 1.165) is 42.5 Å². The fraction of sp³-hybridized carbons (Fsp3) is 0.218. The first-order chi connectivity index (χ1) is 65.8.